The van der Waals surface area contributed by atoms with Gasteiger partial charge in [0.25, 0.3) is 0 Å². The Kier molecular flexibility index (Phi) is 3.77. The molecule has 0 unspecified atom stereocenters. The van der Waals surface area contributed by atoms with Gasteiger partial charge in [-0.1, -0.05) is 29.8 Å². The van der Waals surface area contributed by atoms with Gasteiger partial charge in [0, 0.05) is 6.92 Å². The average molecular weight is 216 g/mol. The zero-order chi connectivity index (χ0) is 11.5. The second kappa shape index (κ2) is 4.69. The van der Waals surface area contributed by atoms with Crippen LogP contribution in [0.4, 0.5) is 13.2 Å². The van der Waals surface area contributed by atoms with Gasteiger partial charge in [0.2, 0.25) is 0 Å². The molecule has 0 atom stereocenters. The average Bonchev–Trinajstić information content (AvgIpc) is 2.85. The van der Waals surface area contributed by atoms with Gasteiger partial charge in [0.1, 0.15) is 0 Å². The molecule has 2 rings (SSSR count). The summed E-state index contributed by atoms with van der Waals surface area (Å²) in [5, 5.41) is 0. The number of benzene rings is 1. The lowest BCUT2D eigenvalue weighted by atomic mass is 10.1. The number of hydrogen-bond acceptors (Lipinski definition) is 0. The fourth-order valence-corrected chi connectivity index (χ4v) is 1.26. The lowest BCUT2D eigenvalue weighted by molar-refractivity contribution is -0.110. The Bertz CT molecular complexity index is 288. The molecule has 0 amide bonds. The SMILES string of the molecule is CC(F)(F)F.Cc1ccc(C2CC2)cc1. The molecule has 1 fully saturated rings. The van der Waals surface area contributed by atoms with Crippen LogP contribution in [0, 0.1) is 6.92 Å². The highest BCUT2D eigenvalue weighted by Gasteiger charge is 2.22. The Morgan fingerprint density at radius 1 is 1.07 bits per heavy atom. The van der Waals surface area contributed by atoms with Crippen molar-refractivity contribution < 1.29 is 13.2 Å². The number of alkyl halides is 3. The van der Waals surface area contributed by atoms with Gasteiger partial charge in [-0.25, -0.2) is 0 Å². The summed E-state index contributed by atoms with van der Waals surface area (Å²) >= 11 is 0. The van der Waals surface area contributed by atoms with E-state index in [0.29, 0.717) is 0 Å². The molecule has 84 valence electrons. The van der Waals surface area contributed by atoms with Gasteiger partial charge in [-0.15, -0.1) is 0 Å². The van der Waals surface area contributed by atoms with Gasteiger partial charge in [-0.2, -0.15) is 13.2 Å². The van der Waals surface area contributed by atoms with Crippen LogP contribution in [0.3, 0.4) is 0 Å². The zero-order valence-electron chi connectivity index (χ0n) is 8.93. The van der Waals surface area contributed by atoms with E-state index < -0.39 is 6.18 Å². The van der Waals surface area contributed by atoms with Crippen molar-refractivity contribution >= 4 is 0 Å². The van der Waals surface area contributed by atoms with E-state index in [9.17, 15) is 13.2 Å². The molecule has 1 aliphatic rings. The van der Waals surface area contributed by atoms with E-state index in [1.807, 2.05) is 0 Å². The van der Waals surface area contributed by atoms with Crippen molar-refractivity contribution in [1.29, 1.82) is 0 Å². The highest BCUT2D eigenvalue weighted by Crippen LogP contribution is 2.39. The summed E-state index contributed by atoms with van der Waals surface area (Å²) in [6, 6.07) is 8.92. The minimum Gasteiger partial charge on any atom is -0.172 e. The number of rotatable bonds is 1. The van der Waals surface area contributed by atoms with E-state index >= 15 is 0 Å². The molecule has 15 heavy (non-hydrogen) atoms. The lowest BCUT2D eigenvalue weighted by Crippen LogP contribution is -1.95. The second-order valence-electron chi connectivity index (χ2n) is 3.97. The number of hydrogen-bond donors (Lipinski definition) is 0. The van der Waals surface area contributed by atoms with E-state index in [0.717, 1.165) is 5.92 Å². The van der Waals surface area contributed by atoms with Crippen LogP contribution in [0.1, 0.15) is 36.8 Å². The van der Waals surface area contributed by atoms with E-state index in [1.54, 1.807) is 0 Å². The van der Waals surface area contributed by atoms with Crippen LogP contribution in [-0.2, 0) is 0 Å². The van der Waals surface area contributed by atoms with Crippen LogP contribution in [0.5, 0.6) is 0 Å². The molecule has 0 N–H and O–H groups in total. The van der Waals surface area contributed by atoms with Gasteiger partial charge in [-0.05, 0) is 31.2 Å². The number of aryl methyl sites for hydroxylation is 1. The first kappa shape index (κ1) is 12.1. The van der Waals surface area contributed by atoms with Crippen LogP contribution < -0.4 is 0 Å². The van der Waals surface area contributed by atoms with E-state index in [4.69, 9.17) is 0 Å². The van der Waals surface area contributed by atoms with Gasteiger partial charge in [0.15, 0.2) is 0 Å². The standard InChI is InChI=1S/C10H12.C2H3F3/c1-8-2-4-9(5-3-8)10-6-7-10;1-2(3,4)5/h2-5,10H,6-7H2,1H3;1H3. The molecule has 0 radical (unpaired) electrons. The summed E-state index contributed by atoms with van der Waals surface area (Å²) < 4.78 is 31.1. The van der Waals surface area contributed by atoms with Crippen molar-refractivity contribution in [3.05, 3.63) is 35.4 Å². The fourth-order valence-electron chi connectivity index (χ4n) is 1.26. The molecule has 3 heteroatoms. The van der Waals surface area contributed by atoms with Gasteiger partial charge in [-0.3, -0.25) is 0 Å². The van der Waals surface area contributed by atoms with Gasteiger partial charge < -0.3 is 0 Å². The molecule has 1 aromatic carbocycles. The molecule has 0 aromatic heterocycles. The smallest absolute Gasteiger partial charge is 0.172 e. The Morgan fingerprint density at radius 3 is 1.80 bits per heavy atom. The molecule has 0 nitrogen and oxygen atoms in total. The lowest BCUT2D eigenvalue weighted by Gasteiger charge is -1.96. The Balaban J connectivity index is 0.000000195. The van der Waals surface area contributed by atoms with Crippen molar-refractivity contribution in [1.82, 2.24) is 0 Å². The van der Waals surface area contributed by atoms with Crippen molar-refractivity contribution in [2.75, 3.05) is 0 Å². The Labute approximate surface area is 88.1 Å². The maximum Gasteiger partial charge on any atom is 0.386 e. The second-order valence-corrected chi connectivity index (χ2v) is 3.97. The summed E-state index contributed by atoms with van der Waals surface area (Å²) in [7, 11) is 0. The van der Waals surface area contributed by atoms with Crippen LogP contribution in [0.15, 0.2) is 24.3 Å². The molecule has 1 aliphatic carbocycles. The molecule has 1 aromatic rings. The summed E-state index contributed by atoms with van der Waals surface area (Å²) in [4.78, 5) is 0. The topological polar surface area (TPSA) is 0 Å². The monoisotopic (exact) mass is 216 g/mol. The van der Waals surface area contributed by atoms with Gasteiger partial charge >= 0.3 is 6.18 Å². The molecule has 0 bridgehead atoms. The molecule has 1 saturated carbocycles. The third kappa shape index (κ3) is 6.15. The summed E-state index contributed by atoms with van der Waals surface area (Å²) in [6.45, 7) is 2.32. The predicted molar refractivity (Wildman–Crippen MR) is 54.9 cm³/mol. The van der Waals surface area contributed by atoms with E-state index in [-0.39, 0.29) is 6.92 Å². The van der Waals surface area contributed by atoms with Gasteiger partial charge in [0.05, 0.1) is 0 Å². The maximum absolute atomic E-state index is 10.4. The summed E-state index contributed by atoms with van der Waals surface area (Å²) in [5.41, 5.74) is 2.90. The van der Waals surface area contributed by atoms with Crippen molar-refractivity contribution in [3.8, 4) is 0 Å². The Morgan fingerprint density at radius 2 is 1.47 bits per heavy atom. The third-order valence-electron chi connectivity index (χ3n) is 2.13. The third-order valence-corrected chi connectivity index (χ3v) is 2.13. The minimum absolute atomic E-state index is 0.188. The van der Waals surface area contributed by atoms with Crippen LogP contribution in [-0.4, -0.2) is 6.18 Å². The maximum atomic E-state index is 10.4. The van der Waals surface area contributed by atoms with Crippen LogP contribution >= 0.6 is 0 Å². The first-order valence-corrected chi connectivity index (χ1v) is 4.99. The predicted octanol–water partition coefficient (Wildman–Crippen LogP) is 4.44. The minimum atomic E-state index is -4.00. The van der Waals surface area contributed by atoms with E-state index in [2.05, 4.69) is 31.2 Å². The molecule has 0 saturated heterocycles. The van der Waals surface area contributed by atoms with Crippen molar-refractivity contribution in [2.45, 2.75) is 38.8 Å². The van der Waals surface area contributed by atoms with Crippen LogP contribution in [0.2, 0.25) is 0 Å². The molecule has 0 spiro atoms. The van der Waals surface area contributed by atoms with E-state index in [1.165, 1.54) is 24.0 Å². The highest BCUT2D eigenvalue weighted by atomic mass is 19.4. The van der Waals surface area contributed by atoms with Crippen LogP contribution in [0.25, 0.3) is 0 Å². The largest absolute Gasteiger partial charge is 0.386 e. The first-order chi connectivity index (χ1) is 6.86. The first-order valence-electron chi connectivity index (χ1n) is 4.99. The normalized spacial score (nSPS) is 15.5. The summed E-state index contributed by atoms with van der Waals surface area (Å²) in [6.07, 6.45) is -1.19. The van der Waals surface area contributed by atoms with Crippen molar-refractivity contribution in [3.63, 3.8) is 0 Å². The fraction of sp³-hybridized carbons (Fsp3) is 0.500. The summed E-state index contributed by atoms with van der Waals surface area (Å²) in [5.74, 6) is 0.903. The van der Waals surface area contributed by atoms with Crippen molar-refractivity contribution in [2.24, 2.45) is 0 Å². The molecule has 0 heterocycles. The highest BCUT2D eigenvalue weighted by molar-refractivity contribution is 5.27. The molecular formula is C12H15F3. The zero-order valence-corrected chi connectivity index (χ0v) is 8.93. The quantitative estimate of drug-likeness (QED) is 0.651. The molecular weight excluding hydrogens is 201 g/mol. The number of halogens is 3. The Hall–Kier alpha value is -0.990. The molecule has 0 aliphatic heterocycles.